The molecule has 0 aliphatic rings. The van der Waals surface area contributed by atoms with Crippen molar-refractivity contribution in [2.24, 2.45) is 5.73 Å². The maximum absolute atomic E-state index is 11.2. The highest BCUT2D eigenvalue weighted by molar-refractivity contribution is 5.97. The van der Waals surface area contributed by atoms with Crippen molar-refractivity contribution in [3.63, 3.8) is 0 Å². The molecule has 0 spiro atoms. The van der Waals surface area contributed by atoms with Gasteiger partial charge in [0.1, 0.15) is 0 Å². The molecule has 0 saturated carbocycles. The second-order valence-corrected chi connectivity index (χ2v) is 3.13. The van der Waals surface area contributed by atoms with Crippen LogP contribution in [0.2, 0.25) is 0 Å². The monoisotopic (exact) mass is 193 g/mol. The van der Waals surface area contributed by atoms with Crippen molar-refractivity contribution in [2.75, 3.05) is 13.7 Å². The predicted octanol–water partition coefficient (Wildman–Crippen LogP) is 1.54. The molecule has 1 atom stereocenters. The molecule has 3 nitrogen and oxygen atoms in total. The van der Waals surface area contributed by atoms with Crippen molar-refractivity contribution >= 4 is 5.78 Å². The summed E-state index contributed by atoms with van der Waals surface area (Å²) < 4.78 is 5.15. The van der Waals surface area contributed by atoms with Gasteiger partial charge in [0, 0.05) is 12.7 Å². The van der Waals surface area contributed by atoms with E-state index in [0.717, 1.165) is 5.56 Å². The normalized spacial score (nSPS) is 12.5. The van der Waals surface area contributed by atoms with Crippen LogP contribution in [0.5, 0.6) is 0 Å². The van der Waals surface area contributed by atoms with Crippen LogP contribution >= 0.6 is 0 Å². The van der Waals surface area contributed by atoms with Gasteiger partial charge < -0.3 is 10.5 Å². The number of hydrogen-bond acceptors (Lipinski definition) is 3. The first-order valence-corrected chi connectivity index (χ1v) is 4.55. The molecule has 1 aromatic rings. The van der Waals surface area contributed by atoms with E-state index in [4.69, 9.17) is 10.5 Å². The first-order valence-electron chi connectivity index (χ1n) is 4.55. The van der Waals surface area contributed by atoms with E-state index < -0.39 is 0 Å². The number of Topliss-reactive ketones (excluding diaryl/α,β-unsaturated/α-hetero) is 1. The third-order valence-electron chi connectivity index (χ3n) is 2.24. The highest BCUT2D eigenvalue weighted by Gasteiger charge is 2.06. The Morgan fingerprint density at radius 2 is 2.00 bits per heavy atom. The molecule has 14 heavy (non-hydrogen) atoms. The molecule has 0 aliphatic heterocycles. The van der Waals surface area contributed by atoms with Gasteiger partial charge in [0.2, 0.25) is 0 Å². The van der Waals surface area contributed by atoms with Gasteiger partial charge in [-0.3, -0.25) is 4.79 Å². The molecule has 0 amide bonds. The average molecular weight is 193 g/mol. The van der Waals surface area contributed by atoms with E-state index in [0.29, 0.717) is 5.56 Å². The lowest BCUT2D eigenvalue weighted by atomic mass is 10.1. The summed E-state index contributed by atoms with van der Waals surface area (Å²) in [5, 5.41) is 0. The van der Waals surface area contributed by atoms with Crippen molar-refractivity contribution in [1.29, 1.82) is 0 Å². The molecule has 1 rings (SSSR count). The number of rotatable bonds is 4. The van der Waals surface area contributed by atoms with Gasteiger partial charge >= 0.3 is 0 Å². The maximum Gasteiger partial charge on any atom is 0.176 e. The Morgan fingerprint density at radius 1 is 1.43 bits per heavy atom. The molecule has 0 bridgehead atoms. The molecular formula is C11H15NO2. The second kappa shape index (κ2) is 4.88. The molecule has 0 aliphatic carbocycles. The standard InChI is InChI=1S/C11H15NO2/c1-8(14-2)9-3-5-10(6-4-9)11(13)7-12/h3-6,8H,7,12H2,1-2H3/t8-/m1/s1. The van der Waals surface area contributed by atoms with Crippen LogP contribution in [0.15, 0.2) is 24.3 Å². The molecular weight excluding hydrogens is 178 g/mol. The van der Waals surface area contributed by atoms with E-state index in [9.17, 15) is 4.79 Å². The van der Waals surface area contributed by atoms with Gasteiger partial charge in [0.15, 0.2) is 5.78 Å². The van der Waals surface area contributed by atoms with Crippen LogP contribution in [0.25, 0.3) is 0 Å². The summed E-state index contributed by atoms with van der Waals surface area (Å²) in [6, 6.07) is 7.33. The van der Waals surface area contributed by atoms with Crippen molar-refractivity contribution < 1.29 is 9.53 Å². The van der Waals surface area contributed by atoms with E-state index in [2.05, 4.69) is 0 Å². The summed E-state index contributed by atoms with van der Waals surface area (Å²) in [5.41, 5.74) is 6.96. The summed E-state index contributed by atoms with van der Waals surface area (Å²) in [7, 11) is 1.66. The molecule has 0 radical (unpaired) electrons. The van der Waals surface area contributed by atoms with E-state index in [1.165, 1.54) is 0 Å². The Morgan fingerprint density at radius 3 is 2.43 bits per heavy atom. The van der Waals surface area contributed by atoms with Gasteiger partial charge in [-0.05, 0) is 12.5 Å². The van der Waals surface area contributed by atoms with Crippen LogP contribution in [-0.4, -0.2) is 19.4 Å². The van der Waals surface area contributed by atoms with E-state index >= 15 is 0 Å². The quantitative estimate of drug-likeness (QED) is 0.738. The van der Waals surface area contributed by atoms with E-state index in [-0.39, 0.29) is 18.4 Å². The fraction of sp³-hybridized carbons (Fsp3) is 0.364. The number of carbonyl (C=O) groups is 1. The Hall–Kier alpha value is -1.19. The largest absolute Gasteiger partial charge is 0.377 e. The lowest BCUT2D eigenvalue weighted by molar-refractivity contribution is 0.100. The third-order valence-corrected chi connectivity index (χ3v) is 2.24. The Kier molecular flexibility index (Phi) is 3.80. The van der Waals surface area contributed by atoms with Gasteiger partial charge in [-0.1, -0.05) is 24.3 Å². The average Bonchev–Trinajstić information content (AvgIpc) is 2.27. The molecule has 0 fully saturated rings. The topological polar surface area (TPSA) is 52.3 Å². The van der Waals surface area contributed by atoms with Crippen LogP contribution in [0.3, 0.4) is 0 Å². The third kappa shape index (κ3) is 2.40. The second-order valence-electron chi connectivity index (χ2n) is 3.13. The van der Waals surface area contributed by atoms with E-state index in [1.54, 1.807) is 19.2 Å². The van der Waals surface area contributed by atoms with Crippen molar-refractivity contribution in [3.8, 4) is 0 Å². The number of methoxy groups -OCH3 is 1. The summed E-state index contributed by atoms with van der Waals surface area (Å²) in [5.74, 6) is -0.0402. The molecule has 0 heterocycles. The summed E-state index contributed by atoms with van der Waals surface area (Å²) >= 11 is 0. The minimum Gasteiger partial charge on any atom is -0.377 e. The Balaban J connectivity index is 2.83. The highest BCUT2D eigenvalue weighted by atomic mass is 16.5. The van der Waals surface area contributed by atoms with Crippen LogP contribution in [0.4, 0.5) is 0 Å². The predicted molar refractivity (Wildman–Crippen MR) is 55.3 cm³/mol. The smallest absolute Gasteiger partial charge is 0.176 e. The minimum atomic E-state index is -0.0402. The highest BCUT2D eigenvalue weighted by Crippen LogP contribution is 2.16. The number of carbonyl (C=O) groups excluding carboxylic acids is 1. The van der Waals surface area contributed by atoms with Gasteiger partial charge in [-0.2, -0.15) is 0 Å². The first-order chi connectivity index (χ1) is 6.69. The number of nitrogens with two attached hydrogens (primary N) is 1. The van der Waals surface area contributed by atoms with Crippen LogP contribution < -0.4 is 5.73 Å². The SMILES string of the molecule is CO[C@H](C)c1ccc(C(=O)CN)cc1. The van der Waals surface area contributed by atoms with Gasteiger partial charge in [0.25, 0.3) is 0 Å². The van der Waals surface area contributed by atoms with Crippen LogP contribution in [0, 0.1) is 0 Å². The number of hydrogen-bond donors (Lipinski definition) is 1. The summed E-state index contributed by atoms with van der Waals surface area (Å²) in [6.45, 7) is 2.01. The summed E-state index contributed by atoms with van der Waals surface area (Å²) in [6.07, 6.45) is 0.0528. The van der Waals surface area contributed by atoms with E-state index in [1.807, 2.05) is 19.1 Å². The Labute approximate surface area is 83.9 Å². The fourth-order valence-electron chi connectivity index (χ4n) is 1.19. The molecule has 0 saturated heterocycles. The fourth-order valence-corrected chi connectivity index (χ4v) is 1.19. The van der Waals surface area contributed by atoms with Gasteiger partial charge in [0.05, 0.1) is 12.6 Å². The molecule has 0 unspecified atom stereocenters. The Bertz CT molecular complexity index is 306. The number of benzene rings is 1. The molecule has 3 heteroatoms. The molecule has 76 valence electrons. The lowest BCUT2D eigenvalue weighted by Gasteiger charge is -2.09. The van der Waals surface area contributed by atoms with Crippen LogP contribution in [0.1, 0.15) is 28.9 Å². The molecule has 0 aromatic heterocycles. The van der Waals surface area contributed by atoms with Crippen molar-refractivity contribution in [2.45, 2.75) is 13.0 Å². The number of ketones is 1. The van der Waals surface area contributed by atoms with Gasteiger partial charge in [-0.15, -0.1) is 0 Å². The van der Waals surface area contributed by atoms with Crippen molar-refractivity contribution in [3.05, 3.63) is 35.4 Å². The molecule has 2 N–H and O–H groups in total. The van der Waals surface area contributed by atoms with Gasteiger partial charge in [-0.25, -0.2) is 0 Å². The molecule has 1 aromatic carbocycles. The maximum atomic E-state index is 11.2. The zero-order valence-electron chi connectivity index (χ0n) is 8.49. The zero-order valence-corrected chi connectivity index (χ0v) is 8.49. The lowest BCUT2D eigenvalue weighted by Crippen LogP contribution is -2.13. The summed E-state index contributed by atoms with van der Waals surface area (Å²) in [4.78, 5) is 11.2. The zero-order chi connectivity index (χ0) is 10.6. The van der Waals surface area contributed by atoms with Crippen LogP contribution in [-0.2, 0) is 4.74 Å². The minimum absolute atomic E-state index is 0.0402. The van der Waals surface area contributed by atoms with Crippen molar-refractivity contribution in [1.82, 2.24) is 0 Å². The first kappa shape index (κ1) is 10.9. The number of ether oxygens (including phenoxy) is 1.